The van der Waals surface area contributed by atoms with Gasteiger partial charge < -0.3 is 14.2 Å². The standard InChI is InChI=1S/C40H38ClN5O9S/c1-40(2,25-7-10-29(11-8-25)55-23-27-15-16-43-39(44-27)45-56(3,51)52)26-19-24(22-42)36(33(41)20-26)54-18-17-53-30-12-13-31-32(21-30)38(50)46(37(31)49)34-14-9-28(47)5-4-6-35(34)48/h7-8,10-13,15-16,19-21,34H,4-6,9,14,17-18,23H2,1-3H3,(H,43,44,45). The van der Waals surface area contributed by atoms with E-state index in [0.29, 0.717) is 30.0 Å². The maximum absolute atomic E-state index is 13.3. The van der Waals surface area contributed by atoms with Gasteiger partial charge in [-0.3, -0.25) is 28.8 Å². The van der Waals surface area contributed by atoms with Gasteiger partial charge in [0.1, 0.15) is 43.2 Å². The maximum Gasteiger partial charge on any atom is 0.262 e. The van der Waals surface area contributed by atoms with E-state index in [0.717, 1.165) is 22.3 Å². The number of aromatic nitrogens is 2. The van der Waals surface area contributed by atoms with Crippen LogP contribution < -0.4 is 18.9 Å². The lowest BCUT2D eigenvalue weighted by atomic mass is 9.77. The van der Waals surface area contributed by atoms with Gasteiger partial charge in [-0.1, -0.05) is 37.6 Å². The van der Waals surface area contributed by atoms with Crippen molar-refractivity contribution in [2.24, 2.45) is 0 Å². The lowest BCUT2D eigenvalue weighted by Crippen LogP contribution is -2.45. The minimum Gasteiger partial charge on any atom is -0.490 e. The summed E-state index contributed by atoms with van der Waals surface area (Å²) in [6.45, 7) is 4.09. The predicted octanol–water partition coefficient (Wildman–Crippen LogP) is 5.80. The van der Waals surface area contributed by atoms with Gasteiger partial charge in [-0.05, 0) is 72.5 Å². The smallest absolute Gasteiger partial charge is 0.262 e. The highest BCUT2D eigenvalue weighted by Gasteiger charge is 2.43. The van der Waals surface area contributed by atoms with Crippen LogP contribution in [-0.2, 0) is 31.6 Å². The first-order valence-electron chi connectivity index (χ1n) is 17.7. The van der Waals surface area contributed by atoms with Crippen LogP contribution >= 0.6 is 11.6 Å². The number of ketones is 2. The normalized spacial score (nSPS) is 16.1. The Kier molecular flexibility index (Phi) is 11.7. The minimum absolute atomic E-state index is 0.00380. The first-order chi connectivity index (χ1) is 26.6. The van der Waals surface area contributed by atoms with Crippen LogP contribution in [0.4, 0.5) is 5.95 Å². The molecule has 6 rings (SSSR count). The Labute approximate surface area is 328 Å². The Morgan fingerprint density at radius 3 is 2.34 bits per heavy atom. The van der Waals surface area contributed by atoms with Crippen molar-refractivity contribution < 1.29 is 41.8 Å². The molecule has 290 valence electrons. The second kappa shape index (κ2) is 16.5. The molecule has 2 aliphatic rings. The molecular formula is C40H38ClN5O9S. The van der Waals surface area contributed by atoms with Crippen LogP contribution in [0.5, 0.6) is 17.2 Å². The molecule has 1 aliphatic carbocycles. The molecule has 56 heavy (non-hydrogen) atoms. The zero-order valence-corrected chi connectivity index (χ0v) is 32.4. The molecule has 1 atom stereocenters. The summed E-state index contributed by atoms with van der Waals surface area (Å²) in [6, 6.07) is 18.1. The van der Waals surface area contributed by atoms with Crippen LogP contribution in [-0.4, -0.2) is 72.2 Å². The molecule has 0 spiro atoms. The summed E-state index contributed by atoms with van der Waals surface area (Å²) in [5, 5.41) is 10.3. The fourth-order valence-electron chi connectivity index (χ4n) is 6.57. The number of fused-ring (bicyclic) bond motifs is 1. The van der Waals surface area contributed by atoms with E-state index < -0.39 is 33.3 Å². The minimum atomic E-state index is -3.52. The van der Waals surface area contributed by atoms with Crippen molar-refractivity contribution in [1.82, 2.24) is 14.9 Å². The average Bonchev–Trinajstić information content (AvgIpc) is 3.39. The Morgan fingerprint density at radius 1 is 0.893 bits per heavy atom. The van der Waals surface area contributed by atoms with Gasteiger partial charge in [0.15, 0.2) is 11.5 Å². The van der Waals surface area contributed by atoms with Gasteiger partial charge in [0.25, 0.3) is 11.8 Å². The van der Waals surface area contributed by atoms with Crippen molar-refractivity contribution >= 4 is 51.0 Å². The van der Waals surface area contributed by atoms with Crippen LogP contribution in [0.3, 0.4) is 0 Å². The Hall–Kier alpha value is -5.85. The van der Waals surface area contributed by atoms with Crippen molar-refractivity contribution in [3.63, 3.8) is 0 Å². The number of amides is 2. The molecule has 0 bridgehead atoms. The predicted molar refractivity (Wildman–Crippen MR) is 204 cm³/mol. The van der Waals surface area contributed by atoms with E-state index in [4.69, 9.17) is 25.8 Å². The molecule has 1 unspecified atom stereocenters. The zero-order valence-electron chi connectivity index (χ0n) is 30.8. The molecule has 1 aromatic heterocycles. The highest BCUT2D eigenvalue weighted by molar-refractivity contribution is 7.92. The molecule has 1 N–H and O–H groups in total. The number of nitrogens with zero attached hydrogens (tertiary/aromatic N) is 4. The lowest BCUT2D eigenvalue weighted by molar-refractivity contribution is -0.125. The average molecular weight is 800 g/mol. The molecule has 16 heteroatoms. The van der Waals surface area contributed by atoms with E-state index >= 15 is 0 Å². The quantitative estimate of drug-likeness (QED) is 0.126. The summed E-state index contributed by atoms with van der Waals surface area (Å²) in [7, 11) is -3.52. The van der Waals surface area contributed by atoms with Gasteiger partial charge in [0.05, 0.1) is 39.7 Å². The van der Waals surface area contributed by atoms with Crippen LogP contribution in [0.1, 0.15) is 89.1 Å². The molecule has 1 saturated carbocycles. The summed E-state index contributed by atoms with van der Waals surface area (Å²) in [5.41, 5.74) is 2.08. The number of carbonyl (C=O) groups excluding carboxylic acids is 4. The maximum atomic E-state index is 13.3. The van der Waals surface area contributed by atoms with Gasteiger partial charge in [-0.2, -0.15) is 5.26 Å². The molecule has 2 amide bonds. The molecule has 3 aromatic carbocycles. The van der Waals surface area contributed by atoms with Crippen molar-refractivity contribution in [3.05, 3.63) is 105 Å². The number of carbonyl (C=O) groups is 4. The third-order valence-electron chi connectivity index (χ3n) is 9.59. The summed E-state index contributed by atoms with van der Waals surface area (Å²) in [4.78, 5) is 60.4. The van der Waals surface area contributed by atoms with Crippen LogP contribution in [0, 0.1) is 11.3 Å². The van der Waals surface area contributed by atoms with E-state index in [9.17, 15) is 32.9 Å². The molecule has 14 nitrogen and oxygen atoms in total. The monoisotopic (exact) mass is 799 g/mol. The third-order valence-corrected chi connectivity index (χ3v) is 10.4. The van der Waals surface area contributed by atoms with Gasteiger partial charge in [-0.25, -0.2) is 18.4 Å². The van der Waals surface area contributed by atoms with Crippen molar-refractivity contribution in [3.8, 4) is 23.3 Å². The second-order valence-electron chi connectivity index (χ2n) is 13.9. The number of hydrogen-bond acceptors (Lipinski definition) is 12. The van der Waals surface area contributed by atoms with Crippen LogP contribution in [0.25, 0.3) is 0 Å². The van der Waals surface area contributed by atoms with Crippen molar-refractivity contribution in [2.75, 3.05) is 24.2 Å². The summed E-state index contributed by atoms with van der Waals surface area (Å²) >= 11 is 6.68. The van der Waals surface area contributed by atoms with Gasteiger partial charge in [0.2, 0.25) is 16.0 Å². The SMILES string of the molecule is CC(C)(c1ccc(OCc2ccnc(NS(C)(=O)=O)n2)cc1)c1cc(Cl)c(OCCOc2ccc3c(c2)C(=O)N(C2CCC(=O)CCCC2=O)C3=O)c(C#N)c1. The number of nitriles is 1. The number of sulfonamides is 1. The fraction of sp³-hybridized carbons (Fsp3) is 0.325. The van der Waals surface area contributed by atoms with E-state index in [1.165, 1.54) is 18.3 Å². The molecule has 0 saturated heterocycles. The molecule has 1 fully saturated rings. The lowest BCUT2D eigenvalue weighted by Gasteiger charge is -2.27. The molecule has 1 aliphatic heterocycles. The second-order valence-corrected chi connectivity index (χ2v) is 16.1. The van der Waals surface area contributed by atoms with Crippen LogP contribution in [0.2, 0.25) is 5.02 Å². The number of imide groups is 1. The van der Waals surface area contributed by atoms with E-state index in [1.54, 1.807) is 36.4 Å². The Balaban J connectivity index is 1.06. The summed E-state index contributed by atoms with van der Waals surface area (Å²) in [5.74, 6) is -0.382. The molecule has 0 radical (unpaired) electrons. The number of ether oxygens (including phenoxy) is 3. The summed E-state index contributed by atoms with van der Waals surface area (Å²) in [6.07, 6.45) is 3.55. The number of rotatable bonds is 13. The van der Waals surface area contributed by atoms with E-state index in [2.05, 4.69) is 20.8 Å². The first kappa shape index (κ1) is 39.8. The molecule has 4 aromatic rings. The largest absolute Gasteiger partial charge is 0.490 e. The fourth-order valence-corrected chi connectivity index (χ4v) is 7.27. The zero-order chi connectivity index (χ0) is 40.2. The van der Waals surface area contributed by atoms with Gasteiger partial charge in [-0.15, -0.1) is 0 Å². The van der Waals surface area contributed by atoms with Crippen molar-refractivity contribution in [1.29, 1.82) is 5.26 Å². The van der Waals surface area contributed by atoms with E-state index in [-0.39, 0.29) is 84.1 Å². The number of hydrogen-bond donors (Lipinski definition) is 1. The highest BCUT2D eigenvalue weighted by atomic mass is 35.5. The number of anilines is 1. The van der Waals surface area contributed by atoms with Crippen molar-refractivity contribution in [2.45, 2.75) is 64.0 Å². The van der Waals surface area contributed by atoms with Crippen LogP contribution in [0.15, 0.2) is 66.9 Å². The third kappa shape index (κ3) is 8.98. The summed E-state index contributed by atoms with van der Waals surface area (Å²) < 4.78 is 42.8. The number of Topliss-reactive ketones (excluding diaryl/α,β-unsaturated/α-hetero) is 2. The number of nitrogens with one attached hydrogen (secondary N) is 1. The Bertz CT molecular complexity index is 2360. The molecule has 2 heterocycles. The topological polar surface area (TPSA) is 195 Å². The van der Waals surface area contributed by atoms with Gasteiger partial charge >= 0.3 is 0 Å². The molecular weight excluding hydrogens is 762 g/mol. The highest BCUT2D eigenvalue weighted by Crippen LogP contribution is 2.39. The first-order valence-corrected chi connectivity index (χ1v) is 20.0. The number of benzene rings is 3. The van der Waals surface area contributed by atoms with Gasteiger partial charge in [0, 0.05) is 30.9 Å². The van der Waals surface area contributed by atoms with E-state index in [1.807, 2.05) is 26.0 Å². The Morgan fingerprint density at radius 2 is 1.61 bits per heavy atom. The number of halogens is 1.